The van der Waals surface area contributed by atoms with Crippen LogP contribution in [0.4, 0.5) is 4.39 Å². The smallest absolute Gasteiger partial charge is 0.348 e. The minimum atomic E-state index is -1.05. The van der Waals surface area contributed by atoms with Gasteiger partial charge in [0.05, 0.1) is 5.69 Å². The summed E-state index contributed by atoms with van der Waals surface area (Å²) in [5.74, 6) is -1.40. The Hall–Kier alpha value is -2.24. The Labute approximate surface area is 134 Å². The van der Waals surface area contributed by atoms with Crippen LogP contribution in [-0.4, -0.2) is 16.1 Å². The number of carboxylic acid groups (broad SMARTS) is 1. The Morgan fingerprint density at radius 3 is 2.23 bits per heavy atom. The first-order chi connectivity index (χ1) is 10.5. The van der Waals surface area contributed by atoms with Gasteiger partial charge in [0.25, 0.3) is 0 Å². The first-order valence-corrected chi connectivity index (χ1v) is 7.50. The highest BCUT2D eigenvalue weighted by Crippen LogP contribution is 2.34. The van der Waals surface area contributed by atoms with E-state index in [9.17, 15) is 14.3 Å². The van der Waals surface area contributed by atoms with Crippen molar-refractivity contribution in [3.63, 3.8) is 0 Å². The lowest BCUT2D eigenvalue weighted by molar-refractivity contribution is 0.0702. The predicted molar refractivity (Wildman–Crippen MR) is 84.9 cm³/mol. The summed E-state index contributed by atoms with van der Waals surface area (Å²) in [5, 5.41) is 10.5. The molecule has 110 valence electrons. The maximum absolute atomic E-state index is 13.0. The van der Waals surface area contributed by atoms with Gasteiger partial charge < -0.3 is 5.11 Å². The minimum absolute atomic E-state index is 0.140. The molecule has 3 nitrogen and oxygen atoms in total. The summed E-state index contributed by atoms with van der Waals surface area (Å²) in [5.41, 5.74) is 1.73. The number of benzene rings is 2. The molecule has 0 aliphatic carbocycles. The number of rotatable bonds is 3. The van der Waals surface area contributed by atoms with Gasteiger partial charge in [0, 0.05) is 16.1 Å². The van der Waals surface area contributed by atoms with Gasteiger partial charge in [0.15, 0.2) is 0 Å². The molecule has 0 saturated heterocycles. The Morgan fingerprint density at radius 2 is 1.64 bits per heavy atom. The number of nitrogens with zero attached hydrogens (tertiary/aromatic N) is 1. The van der Waals surface area contributed by atoms with E-state index in [0.29, 0.717) is 26.9 Å². The second-order valence-electron chi connectivity index (χ2n) is 4.52. The fourth-order valence-electron chi connectivity index (χ4n) is 1.98. The lowest BCUT2D eigenvalue weighted by Crippen LogP contribution is -1.95. The molecule has 0 saturated carbocycles. The summed E-state index contributed by atoms with van der Waals surface area (Å²) >= 11 is 6.91. The van der Waals surface area contributed by atoms with Crippen LogP contribution in [0.1, 0.15) is 9.67 Å². The zero-order valence-electron chi connectivity index (χ0n) is 11.1. The van der Waals surface area contributed by atoms with E-state index in [0.717, 1.165) is 11.3 Å². The largest absolute Gasteiger partial charge is 0.477 e. The fourth-order valence-corrected chi connectivity index (χ4v) is 3.04. The summed E-state index contributed by atoms with van der Waals surface area (Å²) in [4.78, 5) is 16.0. The monoisotopic (exact) mass is 333 g/mol. The van der Waals surface area contributed by atoms with E-state index in [2.05, 4.69) is 4.98 Å². The van der Waals surface area contributed by atoms with E-state index >= 15 is 0 Å². The van der Waals surface area contributed by atoms with Crippen LogP contribution in [0.3, 0.4) is 0 Å². The van der Waals surface area contributed by atoms with E-state index in [-0.39, 0.29) is 10.7 Å². The Bertz CT molecular complexity index is 828. The van der Waals surface area contributed by atoms with E-state index in [1.807, 2.05) is 0 Å². The molecule has 1 N–H and O–H groups in total. The van der Waals surface area contributed by atoms with E-state index in [1.54, 1.807) is 36.4 Å². The molecule has 22 heavy (non-hydrogen) atoms. The van der Waals surface area contributed by atoms with Crippen molar-refractivity contribution < 1.29 is 14.3 Å². The van der Waals surface area contributed by atoms with Crippen molar-refractivity contribution in [3.05, 3.63) is 64.2 Å². The van der Waals surface area contributed by atoms with Gasteiger partial charge in [0.1, 0.15) is 15.7 Å². The van der Waals surface area contributed by atoms with Crippen LogP contribution in [-0.2, 0) is 0 Å². The molecule has 6 heteroatoms. The standard InChI is InChI=1S/C16H9ClFNO2S/c17-11-5-1-9(2-6-11)13-14(16(20)21)22-15(19-13)10-3-7-12(18)8-4-10/h1-8H,(H,20,21). The van der Waals surface area contributed by atoms with Gasteiger partial charge in [-0.2, -0.15) is 0 Å². The average molecular weight is 334 g/mol. The van der Waals surface area contributed by atoms with Gasteiger partial charge in [-0.1, -0.05) is 23.7 Å². The van der Waals surface area contributed by atoms with E-state index in [4.69, 9.17) is 11.6 Å². The Balaban J connectivity index is 2.11. The topological polar surface area (TPSA) is 50.2 Å². The summed E-state index contributed by atoms with van der Waals surface area (Å²) in [6, 6.07) is 12.6. The molecule has 2 aromatic carbocycles. The summed E-state index contributed by atoms with van der Waals surface area (Å²) in [6.07, 6.45) is 0. The number of aromatic carboxylic acids is 1. The maximum Gasteiger partial charge on any atom is 0.348 e. The van der Waals surface area contributed by atoms with Gasteiger partial charge in [0.2, 0.25) is 0 Å². The molecule has 0 amide bonds. The van der Waals surface area contributed by atoms with Crippen molar-refractivity contribution in [3.8, 4) is 21.8 Å². The third-order valence-corrected chi connectivity index (χ3v) is 4.37. The van der Waals surface area contributed by atoms with Gasteiger partial charge in [-0.05, 0) is 36.4 Å². The van der Waals surface area contributed by atoms with Crippen molar-refractivity contribution in [1.82, 2.24) is 4.98 Å². The first kappa shape index (κ1) is 14.7. The van der Waals surface area contributed by atoms with Crippen molar-refractivity contribution in [2.24, 2.45) is 0 Å². The number of halogens is 2. The number of hydrogen-bond acceptors (Lipinski definition) is 3. The molecule has 0 spiro atoms. The number of carboxylic acids is 1. The lowest BCUT2D eigenvalue weighted by Gasteiger charge is -1.99. The van der Waals surface area contributed by atoms with Crippen LogP contribution in [0.2, 0.25) is 5.02 Å². The zero-order chi connectivity index (χ0) is 15.7. The highest BCUT2D eigenvalue weighted by atomic mass is 35.5. The van der Waals surface area contributed by atoms with Crippen molar-refractivity contribution in [2.45, 2.75) is 0 Å². The Morgan fingerprint density at radius 1 is 1.05 bits per heavy atom. The van der Waals surface area contributed by atoms with Crippen LogP contribution in [0.15, 0.2) is 48.5 Å². The van der Waals surface area contributed by atoms with Crippen LogP contribution in [0.25, 0.3) is 21.8 Å². The molecule has 0 fully saturated rings. The second-order valence-corrected chi connectivity index (χ2v) is 5.95. The molecule has 1 heterocycles. The normalized spacial score (nSPS) is 10.6. The van der Waals surface area contributed by atoms with E-state index < -0.39 is 5.97 Å². The predicted octanol–water partition coefficient (Wildman–Crippen LogP) is 4.97. The number of carbonyl (C=O) groups is 1. The first-order valence-electron chi connectivity index (χ1n) is 6.30. The second kappa shape index (κ2) is 5.87. The van der Waals surface area contributed by atoms with E-state index in [1.165, 1.54) is 12.1 Å². The van der Waals surface area contributed by atoms with Crippen LogP contribution < -0.4 is 0 Å². The third-order valence-electron chi connectivity index (χ3n) is 3.03. The number of aromatic nitrogens is 1. The van der Waals surface area contributed by atoms with Crippen LogP contribution in [0, 0.1) is 5.82 Å². The summed E-state index contributed by atoms with van der Waals surface area (Å²) in [6.45, 7) is 0. The SMILES string of the molecule is O=C(O)c1sc(-c2ccc(F)cc2)nc1-c1ccc(Cl)cc1. The van der Waals surface area contributed by atoms with Crippen molar-refractivity contribution >= 4 is 28.9 Å². The third kappa shape index (κ3) is 2.86. The van der Waals surface area contributed by atoms with Gasteiger partial charge in [-0.3, -0.25) is 0 Å². The quantitative estimate of drug-likeness (QED) is 0.736. The molecule has 0 unspecified atom stereocenters. The van der Waals surface area contributed by atoms with Gasteiger partial charge in [-0.25, -0.2) is 14.2 Å². The molecule has 3 aromatic rings. The molecular weight excluding hydrogens is 325 g/mol. The highest BCUT2D eigenvalue weighted by Gasteiger charge is 2.19. The average Bonchev–Trinajstić information content (AvgIpc) is 2.94. The molecule has 0 aliphatic heterocycles. The lowest BCUT2D eigenvalue weighted by atomic mass is 10.1. The molecule has 0 aliphatic rings. The molecule has 0 bridgehead atoms. The van der Waals surface area contributed by atoms with Crippen molar-refractivity contribution in [2.75, 3.05) is 0 Å². The van der Waals surface area contributed by atoms with Crippen LogP contribution >= 0.6 is 22.9 Å². The fraction of sp³-hybridized carbons (Fsp3) is 0. The molecule has 0 atom stereocenters. The zero-order valence-corrected chi connectivity index (χ0v) is 12.7. The summed E-state index contributed by atoms with van der Waals surface area (Å²) in [7, 11) is 0. The number of hydrogen-bond donors (Lipinski definition) is 1. The molecule has 1 aromatic heterocycles. The minimum Gasteiger partial charge on any atom is -0.477 e. The van der Waals surface area contributed by atoms with Gasteiger partial charge >= 0.3 is 5.97 Å². The Kier molecular flexibility index (Phi) is 3.92. The van der Waals surface area contributed by atoms with Gasteiger partial charge in [-0.15, -0.1) is 11.3 Å². The molecule has 0 radical (unpaired) electrons. The van der Waals surface area contributed by atoms with Crippen molar-refractivity contribution in [1.29, 1.82) is 0 Å². The summed E-state index contributed by atoms with van der Waals surface area (Å²) < 4.78 is 13.0. The number of thiazole rings is 1. The maximum atomic E-state index is 13.0. The highest BCUT2D eigenvalue weighted by molar-refractivity contribution is 7.17. The van der Waals surface area contributed by atoms with Crippen LogP contribution in [0.5, 0.6) is 0 Å². The molecule has 3 rings (SSSR count). The molecular formula is C16H9ClFNO2S.